The van der Waals surface area contributed by atoms with Crippen molar-refractivity contribution in [1.82, 2.24) is 20.6 Å². The SMILES string of the molecule is CCCCCCCCCCCCCCCC(=O)NCC(=O)NC(Cc1cnc[nH]1)C1OC1O. The standard InChI is InChI=1S/C25H44N4O4/c1-2-3-4-5-6-7-8-9-10-11-12-13-14-15-22(30)27-18-23(31)29-21(24-25(32)33-24)16-20-17-26-19-28-20/h17,19,21,24-25,32H,2-16,18H2,1H3,(H,26,28)(H,27,30)(H,29,31). The minimum Gasteiger partial charge on any atom is -0.366 e. The Morgan fingerprint density at radius 1 is 1.00 bits per heavy atom. The predicted molar refractivity (Wildman–Crippen MR) is 128 cm³/mol. The predicted octanol–water partition coefficient (Wildman–Crippen LogP) is 3.75. The molecule has 0 saturated carbocycles. The maximum atomic E-state index is 12.2. The number of H-pyrrole nitrogens is 1. The van der Waals surface area contributed by atoms with Crippen molar-refractivity contribution in [3.8, 4) is 0 Å². The van der Waals surface area contributed by atoms with E-state index in [-0.39, 0.29) is 24.4 Å². The summed E-state index contributed by atoms with van der Waals surface area (Å²) in [7, 11) is 0. The van der Waals surface area contributed by atoms with Crippen molar-refractivity contribution in [1.29, 1.82) is 0 Å². The fourth-order valence-electron chi connectivity index (χ4n) is 4.12. The summed E-state index contributed by atoms with van der Waals surface area (Å²) in [6, 6.07) is -0.370. The number of aliphatic hydroxyl groups is 1. The molecule has 1 saturated heterocycles. The molecule has 1 fully saturated rings. The van der Waals surface area contributed by atoms with Crippen LogP contribution in [0.2, 0.25) is 0 Å². The minimum atomic E-state index is -0.858. The van der Waals surface area contributed by atoms with Crippen LogP contribution in [0, 0.1) is 0 Å². The van der Waals surface area contributed by atoms with E-state index in [4.69, 9.17) is 4.74 Å². The minimum absolute atomic E-state index is 0.0699. The van der Waals surface area contributed by atoms with Crippen LogP contribution >= 0.6 is 0 Å². The van der Waals surface area contributed by atoms with Crippen LogP contribution < -0.4 is 10.6 Å². The van der Waals surface area contributed by atoms with Crippen LogP contribution in [-0.4, -0.2) is 51.9 Å². The zero-order valence-corrected chi connectivity index (χ0v) is 20.3. The second kappa shape index (κ2) is 16.6. The van der Waals surface area contributed by atoms with Crippen LogP contribution in [0.4, 0.5) is 0 Å². The van der Waals surface area contributed by atoms with E-state index in [1.54, 1.807) is 12.5 Å². The molecule has 0 aliphatic carbocycles. The van der Waals surface area contributed by atoms with Crippen molar-refractivity contribution in [3.05, 3.63) is 18.2 Å². The number of ether oxygens (including phenoxy) is 1. The van der Waals surface area contributed by atoms with Crippen molar-refractivity contribution in [3.63, 3.8) is 0 Å². The lowest BCUT2D eigenvalue weighted by Crippen LogP contribution is -2.45. The van der Waals surface area contributed by atoms with Gasteiger partial charge in [-0.2, -0.15) is 0 Å². The summed E-state index contributed by atoms with van der Waals surface area (Å²) in [6.45, 7) is 2.18. The number of rotatable bonds is 20. The van der Waals surface area contributed by atoms with Gasteiger partial charge in [0.2, 0.25) is 11.8 Å². The Bertz CT molecular complexity index is 653. The molecule has 33 heavy (non-hydrogen) atoms. The van der Waals surface area contributed by atoms with E-state index in [2.05, 4.69) is 27.5 Å². The van der Waals surface area contributed by atoms with Crippen molar-refractivity contribution >= 4 is 11.8 Å². The van der Waals surface area contributed by atoms with E-state index in [0.717, 1.165) is 18.5 Å². The van der Waals surface area contributed by atoms with Gasteiger partial charge in [0, 0.05) is 24.7 Å². The summed E-state index contributed by atoms with van der Waals surface area (Å²) in [5.74, 6) is -0.387. The molecule has 8 nitrogen and oxygen atoms in total. The third-order valence-corrected chi connectivity index (χ3v) is 6.19. The van der Waals surface area contributed by atoms with Gasteiger partial charge in [-0.25, -0.2) is 4.98 Å². The summed E-state index contributed by atoms with van der Waals surface area (Å²) >= 11 is 0. The average molecular weight is 465 g/mol. The summed E-state index contributed by atoms with van der Waals surface area (Å²) in [5, 5.41) is 15.1. The molecule has 0 spiro atoms. The third-order valence-electron chi connectivity index (χ3n) is 6.19. The van der Waals surface area contributed by atoms with Gasteiger partial charge >= 0.3 is 0 Å². The van der Waals surface area contributed by atoms with Crippen molar-refractivity contribution in [2.75, 3.05) is 6.54 Å². The van der Waals surface area contributed by atoms with E-state index in [0.29, 0.717) is 12.8 Å². The molecule has 8 heteroatoms. The van der Waals surface area contributed by atoms with Crippen LogP contribution in [0.3, 0.4) is 0 Å². The van der Waals surface area contributed by atoms with Gasteiger partial charge in [0.05, 0.1) is 18.9 Å². The van der Waals surface area contributed by atoms with Crippen LogP contribution in [0.15, 0.2) is 12.5 Å². The maximum absolute atomic E-state index is 12.2. The molecule has 1 aliphatic rings. The molecule has 2 rings (SSSR count). The fourth-order valence-corrected chi connectivity index (χ4v) is 4.12. The topological polar surface area (TPSA) is 120 Å². The van der Waals surface area contributed by atoms with E-state index in [1.165, 1.54) is 70.6 Å². The Morgan fingerprint density at radius 3 is 2.09 bits per heavy atom. The van der Waals surface area contributed by atoms with E-state index in [9.17, 15) is 14.7 Å². The first-order valence-corrected chi connectivity index (χ1v) is 13.0. The Balaban J connectivity index is 1.43. The molecule has 1 aromatic heterocycles. The second-order valence-electron chi connectivity index (χ2n) is 9.22. The van der Waals surface area contributed by atoms with Crippen LogP contribution in [0.5, 0.6) is 0 Å². The molecule has 0 aromatic carbocycles. The second-order valence-corrected chi connectivity index (χ2v) is 9.22. The quantitative estimate of drug-likeness (QED) is 0.173. The molecule has 0 radical (unpaired) electrons. The highest BCUT2D eigenvalue weighted by Crippen LogP contribution is 2.24. The number of hydrogen-bond acceptors (Lipinski definition) is 5. The summed E-state index contributed by atoms with van der Waals surface area (Å²) in [6.07, 6.45) is 19.4. The number of unbranched alkanes of at least 4 members (excludes halogenated alkanes) is 12. The van der Waals surface area contributed by atoms with Crippen LogP contribution in [0.25, 0.3) is 0 Å². The van der Waals surface area contributed by atoms with Gasteiger partial charge in [-0.15, -0.1) is 0 Å². The van der Waals surface area contributed by atoms with Gasteiger partial charge < -0.3 is 25.5 Å². The van der Waals surface area contributed by atoms with Crippen molar-refractivity contribution in [2.45, 2.75) is 122 Å². The van der Waals surface area contributed by atoms with Gasteiger partial charge in [-0.3, -0.25) is 9.59 Å². The molecule has 4 N–H and O–H groups in total. The van der Waals surface area contributed by atoms with Crippen molar-refractivity contribution in [2.24, 2.45) is 0 Å². The number of aromatic amines is 1. The maximum Gasteiger partial charge on any atom is 0.239 e. The molecule has 2 heterocycles. The van der Waals surface area contributed by atoms with E-state index in [1.807, 2.05) is 0 Å². The van der Waals surface area contributed by atoms with E-state index >= 15 is 0 Å². The highest BCUT2D eigenvalue weighted by Gasteiger charge is 2.44. The van der Waals surface area contributed by atoms with Gasteiger partial charge in [0.15, 0.2) is 6.29 Å². The molecule has 188 valence electrons. The number of nitrogens with zero attached hydrogens (tertiary/aromatic N) is 1. The van der Waals surface area contributed by atoms with Gasteiger partial charge in [0.1, 0.15) is 6.10 Å². The molecule has 1 aliphatic heterocycles. The number of epoxide rings is 1. The number of imidazole rings is 1. The third kappa shape index (κ3) is 12.8. The number of amides is 2. The lowest BCUT2D eigenvalue weighted by Gasteiger charge is -2.16. The Hall–Kier alpha value is -1.93. The van der Waals surface area contributed by atoms with Gasteiger partial charge in [-0.1, -0.05) is 84.0 Å². The molecule has 2 amide bonds. The average Bonchev–Trinajstić information content (AvgIpc) is 3.30. The number of aliphatic hydroxyl groups excluding tert-OH is 1. The highest BCUT2D eigenvalue weighted by molar-refractivity contribution is 5.84. The lowest BCUT2D eigenvalue weighted by atomic mass is 10.0. The van der Waals surface area contributed by atoms with Crippen LogP contribution in [0.1, 0.15) is 103 Å². The molecular weight excluding hydrogens is 420 g/mol. The number of carbonyl (C=O) groups excluding carboxylic acids is 2. The Morgan fingerprint density at radius 2 is 1.58 bits per heavy atom. The summed E-state index contributed by atoms with van der Waals surface area (Å²) in [5.41, 5.74) is 0.842. The normalized spacial score (nSPS) is 18.1. The van der Waals surface area contributed by atoms with Gasteiger partial charge in [-0.05, 0) is 6.42 Å². The monoisotopic (exact) mass is 464 g/mol. The fraction of sp³-hybridized carbons (Fsp3) is 0.800. The Labute approximate surface area is 198 Å². The summed E-state index contributed by atoms with van der Waals surface area (Å²) < 4.78 is 5.10. The molecule has 0 bridgehead atoms. The van der Waals surface area contributed by atoms with E-state index < -0.39 is 12.4 Å². The number of aromatic nitrogens is 2. The van der Waals surface area contributed by atoms with Crippen LogP contribution in [-0.2, 0) is 20.7 Å². The number of nitrogens with one attached hydrogen (secondary N) is 3. The lowest BCUT2D eigenvalue weighted by molar-refractivity contribution is -0.126. The van der Waals surface area contributed by atoms with Crippen molar-refractivity contribution < 1.29 is 19.4 Å². The molecule has 3 unspecified atom stereocenters. The molecular formula is C25H44N4O4. The molecule has 1 aromatic rings. The summed E-state index contributed by atoms with van der Waals surface area (Å²) in [4.78, 5) is 31.2. The number of hydrogen-bond donors (Lipinski definition) is 4. The smallest absolute Gasteiger partial charge is 0.239 e. The Kier molecular flexibility index (Phi) is 13.8. The number of carbonyl (C=O) groups is 2. The first kappa shape index (κ1) is 27.3. The molecule has 3 atom stereocenters. The zero-order valence-electron chi connectivity index (χ0n) is 20.3. The first-order chi connectivity index (χ1) is 16.1. The first-order valence-electron chi connectivity index (χ1n) is 13.0. The zero-order chi connectivity index (χ0) is 23.7. The largest absolute Gasteiger partial charge is 0.366 e. The van der Waals surface area contributed by atoms with Gasteiger partial charge in [0.25, 0.3) is 0 Å². The highest BCUT2D eigenvalue weighted by atomic mass is 16.7.